The van der Waals surface area contributed by atoms with Gasteiger partial charge >= 0.3 is 0 Å². The SMILES string of the molecule is COc1ccc(-n2nnnc2S[C@H](C)C(=O)N2CC(=O)Nc3ccccc32)cc1. The predicted molar refractivity (Wildman–Crippen MR) is 108 cm³/mol. The van der Waals surface area contributed by atoms with E-state index in [-0.39, 0.29) is 18.4 Å². The van der Waals surface area contributed by atoms with Gasteiger partial charge in [0.2, 0.25) is 17.0 Å². The van der Waals surface area contributed by atoms with E-state index < -0.39 is 5.25 Å². The molecule has 0 spiro atoms. The van der Waals surface area contributed by atoms with Crippen LogP contribution < -0.4 is 15.0 Å². The zero-order valence-corrected chi connectivity index (χ0v) is 16.6. The molecule has 0 fully saturated rings. The fraction of sp³-hybridized carbons (Fsp3) is 0.211. The lowest BCUT2D eigenvalue weighted by atomic mass is 10.2. The molecule has 1 atom stereocenters. The second-order valence-corrected chi connectivity index (χ2v) is 7.63. The normalized spacial score (nSPS) is 14.1. The van der Waals surface area contributed by atoms with Gasteiger partial charge in [-0.3, -0.25) is 14.5 Å². The highest BCUT2D eigenvalue weighted by molar-refractivity contribution is 8.00. The molecule has 0 aliphatic carbocycles. The van der Waals surface area contributed by atoms with Crippen LogP contribution >= 0.6 is 11.8 Å². The van der Waals surface area contributed by atoms with Gasteiger partial charge in [0.15, 0.2) is 0 Å². The first kappa shape index (κ1) is 18.9. The van der Waals surface area contributed by atoms with E-state index in [1.807, 2.05) is 42.5 Å². The number of carbonyl (C=O) groups excluding carboxylic acids is 2. The number of methoxy groups -OCH3 is 1. The predicted octanol–water partition coefficient (Wildman–Crippen LogP) is 2.14. The van der Waals surface area contributed by atoms with Gasteiger partial charge < -0.3 is 10.1 Å². The summed E-state index contributed by atoms with van der Waals surface area (Å²) in [6.07, 6.45) is 0. The standard InChI is InChI=1S/C19H18N6O3S/c1-12(18(27)24-11-17(26)20-15-5-3-4-6-16(15)24)29-19-21-22-23-25(19)13-7-9-14(28-2)10-8-13/h3-10,12H,11H2,1-2H3,(H,20,26)/t12-/m1/s1. The molecule has 0 unspecified atom stereocenters. The van der Waals surface area contributed by atoms with Gasteiger partial charge in [-0.2, -0.15) is 4.68 Å². The van der Waals surface area contributed by atoms with Crippen LogP contribution in [0.5, 0.6) is 5.75 Å². The van der Waals surface area contributed by atoms with E-state index in [0.717, 1.165) is 11.4 Å². The molecule has 10 heteroatoms. The molecule has 0 saturated heterocycles. The molecule has 2 aromatic carbocycles. The van der Waals surface area contributed by atoms with Gasteiger partial charge in [0.05, 0.1) is 29.4 Å². The summed E-state index contributed by atoms with van der Waals surface area (Å²) in [5.41, 5.74) is 2.05. The number of ether oxygens (including phenoxy) is 1. The van der Waals surface area contributed by atoms with Crippen LogP contribution in [0, 0.1) is 0 Å². The van der Waals surface area contributed by atoms with E-state index in [1.54, 1.807) is 24.8 Å². The summed E-state index contributed by atoms with van der Waals surface area (Å²) in [4.78, 5) is 26.6. The van der Waals surface area contributed by atoms with Crippen LogP contribution in [-0.2, 0) is 9.59 Å². The van der Waals surface area contributed by atoms with Crippen molar-refractivity contribution in [2.24, 2.45) is 0 Å². The summed E-state index contributed by atoms with van der Waals surface area (Å²) in [5.74, 6) is 0.306. The Morgan fingerprint density at radius 1 is 1.21 bits per heavy atom. The Hall–Kier alpha value is -3.40. The van der Waals surface area contributed by atoms with Crippen LogP contribution in [0.2, 0.25) is 0 Å². The second kappa shape index (κ2) is 7.92. The summed E-state index contributed by atoms with van der Waals surface area (Å²) in [5, 5.41) is 14.6. The van der Waals surface area contributed by atoms with Gasteiger partial charge in [-0.1, -0.05) is 23.9 Å². The molecule has 0 radical (unpaired) electrons. The largest absolute Gasteiger partial charge is 0.497 e. The summed E-state index contributed by atoms with van der Waals surface area (Å²) >= 11 is 1.23. The lowest BCUT2D eigenvalue weighted by Gasteiger charge is -2.30. The monoisotopic (exact) mass is 410 g/mol. The van der Waals surface area contributed by atoms with Crippen molar-refractivity contribution in [2.75, 3.05) is 23.9 Å². The first-order valence-electron chi connectivity index (χ1n) is 8.86. The van der Waals surface area contributed by atoms with E-state index in [0.29, 0.717) is 16.5 Å². The molecule has 1 aromatic heterocycles. The van der Waals surface area contributed by atoms with Crippen molar-refractivity contribution in [1.29, 1.82) is 0 Å². The summed E-state index contributed by atoms with van der Waals surface area (Å²) in [6, 6.07) is 14.5. The number of tetrazole rings is 1. The number of hydrogen-bond acceptors (Lipinski definition) is 7. The fourth-order valence-electron chi connectivity index (χ4n) is 3.00. The fourth-order valence-corrected chi connectivity index (χ4v) is 3.87. The molecule has 29 heavy (non-hydrogen) atoms. The Bertz CT molecular complexity index is 1050. The summed E-state index contributed by atoms with van der Waals surface area (Å²) in [7, 11) is 1.60. The average molecular weight is 410 g/mol. The van der Waals surface area contributed by atoms with E-state index in [2.05, 4.69) is 20.8 Å². The molecule has 3 aromatic rings. The Balaban J connectivity index is 1.55. The number of fused-ring (bicyclic) bond motifs is 1. The first-order valence-corrected chi connectivity index (χ1v) is 9.74. The molecule has 0 saturated carbocycles. The molecule has 2 heterocycles. The van der Waals surface area contributed by atoms with Gasteiger partial charge in [-0.15, -0.1) is 5.10 Å². The lowest BCUT2D eigenvalue weighted by molar-refractivity contribution is -0.121. The van der Waals surface area contributed by atoms with Crippen molar-refractivity contribution in [3.8, 4) is 11.4 Å². The van der Waals surface area contributed by atoms with E-state index in [9.17, 15) is 9.59 Å². The van der Waals surface area contributed by atoms with Gasteiger partial charge in [0.1, 0.15) is 12.3 Å². The zero-order chi connectivity index (χ0) is 20.4. The quantitative estimate of drug-likeness (QED) is 0.643. The number of para-hydroxylation sites is 2. The molecule has 1 aliphatic heterocycles. The van der Waals surface area contributed by atoms with Crippen molar-refractivity contribution < 1.29 is 14.3 Å². The molecule has 4 rings (SSSR count). The van der Waals surface area contributed by atoms with Crippen molar-refractivity contribution in [2.45, 2.75) is 17.3 Å². The maximum absolute atomic E-state index is 13.1. The highest BCUT2D eigenvalue weighted by Gasteiger charge is 2.31. The van der Waals surface area contributed by atoms with Crippen molar-refractivity contribution >= 4 is 35.0 Å². The molecular weight excluding hydrogens is 392 g/mol. The van der Waals surface area contributed by atoms with E-state index in [1.165, 1.54) is 16.7 Å². The van der Waals surface area contributed by atoms with Gasteiger partial charge in [-0.05, 0) is 53.7 Å². The number of aromatic nitrogens is 4. The number of thioether (sulfide) groups is 1. The Kier molecular flexibility index (Phi) is 5.17. The van der Waals surface area contributed by atoms with Crippen molar-refractivity contribution in [1.82, 2.24) is 20.2 Å². The molecule has 1 N–H and O–H groups in total. The third kappa shape index (κ3) is 3.79. The number of amides is 2. The van der Waals surface area contributed by atoms with Crippen LogP contribution in [0.1, 0.15) is 6.92 Å². The number of nitrogens with zero attached hydrogens (tertiary/aromatic N) is 5. The number of rotatable bonds is 5. The molecule has 9 nitrogen and oxygen atoms in total. The van der Waals surface area contributed by atoms with Crippen LogP contribution in [0.4, 0.5) is 11.4 Å². The topological polar surface area (TPSA) is 102 Å². The molecular formula is C19H18N6O3S. The van der Waals surface area contributed by atoms with Crippen molar-refractivity contribution in [3.63, 3.8) is 0 Å². The molecule has 2 amide bonds. The minimum Gasteiger partial charge on any atom is -0.497 e. The number of anilines is 2. The van der Waals surface area contributed by atoms with Crippen LogP contribution in [0.25, 0.3) is 5.69 Å². The minimum atomic E-state index is -0.503. The smallest absolute Gasteiger partial charge is 0.244 e. The first-order chi connectivity index (χ1) is 14.1. The second-order valence-electron chi connectivity index (χ2n) is 6.32. The highest BCUT2D eigenvalue weighted by Crippen LogP contribution is 2.32. The van der Waals surface area contributed by atoms with E-state index in [4.69, 9.17) is 4.74 Å². The number of benzene rings is 2. The van der Waals surface area contributed by atoms with Crippen LogP contribution in [0.15, 0.2) is 53.7 Å². The van der Waals surface area contributed by atoms with Crippen LogP contribution in [0.3, 0.4) is 0 Å². The minimum absolute atomic E-state index is 0.0236. The lowest BCUT2D eigenvalue weighted by Crippen LogP contribution is -2.45. The summed E-state index contributed by atoms with van der Waals surface area (Å²) in [6.45, 7) is 1.75. The molecule has 0 bridgehead atoms. The van der Waals surface area contributed by atoms with Gasteiger partial charge in [-0.25, -0.2) is 0 Å². The third-order valence-corrected chi connectivity index (χ3v) is 5.45. The molecule has 1 aliphatic rings. The highest BCUT2D eigenvalue weighted by atomic mass is 32.2. The van der Waals surface area contributed by atoms with Gasteiger partial charge in [0.25, 0.3) is 0 Å². The van der Waals surface area contributed by atoms with Gasteiger partial charge in [0, 0.05) is 0 Å². The Morgan fingerprint density at radius 3 is 2.72 bits per heavy atom. The number of carbonyl (C=O) groups is 2. The number of nitrogens with one attached hydrogen (secondary N) is 1. The van der Waals surface area contributed by atoms with Crippen LogP contribution in [-0.4, -0.2) is 50.9 Å². The van der Waals surface area contributed by atoms with E-state index >= 15 is 0 Å². The maximum Gasteiger partial charge on any atom is 0.244 e. The summed E-state index contributed by atoms with van der Waals surface area (Å²) < 4.78 is 6.73. The number of hydrogen-bond donors (Lipinski definition) is 1. The average Bonchev–Trinajstić information content (AvgIpc) is 3.20. The molecule has 148 valence electrons. The zero-order valence-electron chi connectivity index (χ0n) is 15.8. The maximum atomic E-state index is 13.1. The Morgan fingerprint density at radius 2 is 1.97 bits per heavy atom. The Labute approximate surface area is 171 Å². The third-order valence-electron chi connectivity index (χ3n) is 4.42. The van der Waals surface area contributed by atoms with Crippen molar-refractivity contribution in [3.05, 3.63) is 48.5 Å².